The molecule has 1 saturated carbocycles. The molecule has 18 heavy (non-hydrogen) atoms. The van der Waals surface area contributed by atoms with Crippen molar-refractivity contribution in [2.75, 3.05) is 33.7 Å². The fourth-order valence-electron chi connectivity index (χ4n) is 3.10. The number of nitrogens with one attached hydrogen (secondary N) is 1. The van der Waals surface area contributed by atoms with Crippen molar-refractivity contribution in [1.29, 1.82) is 0 Å². The van der Waals surface area contributed by atoms with E-state index < -0.39 is 0 Å². The van der Waals surface area contributed by atoms with Crippen LogP contribution in [0.3, 0.4) is 0 Å². The molecule has 4 nitrogen and oxygen atoms in total. The van der Waals surface area contributed by atoms with Gasteiger partial charge in [-0.2, -0.15) is 0 Å². The third-order valence-electron chi connectivity index (χ3n) is 4.89. The molecule has 1 aliphatic heterocycles. The molecule has 2 rings (SSSR count). The molecular weight excluding hydrogens is 226 g/mol. The Morgan fingerprint density at radius 3 is 2.33 bits per heavy atom. The molecule has 0 atom stereocenters. The number of rotatable bonds is 4. The van der Waals surface area contributed by atoms with Gasteiger partial charge in [0, 0.05) is 38.1 Å². The van der Waals surface area contributed by atoms with Crippen molar-refractivity contribution in [1.82, 2.24) is 15.1 Å². The molecular formula is C14H27N3O. The van der Waals surface area contributed by atoms with Gasteiger partial charge in [0.15, 0.2) is 0 Å². The van der Waals surface area contributed by atoms with Crippen molar-refractivity contribution in [2.45, 2.75) is 50.6 Å². The van der Waals surface area contributed by atoms with Crippen LogP contribution in [0.15, 0.2) is 0 Å². The highest BCUT2D eigenvalue weighted by Crippen LogP contribution is 2.35. The number of piperidine rings is 1. The van der Waals surface area contributed by atoms with Gasteiger partial charge in [0.25, 0.3) is 0 Å². The van der Waals surface area contributed by atoms with E-state index in [9.17, 15) is 4.79 Å². The third-order valence-corrected chi connectivity index (χ3v) is 4.89. The molecule has 1 aliphatic carbocycles. The first kappa shape index (κ1) is 13.8. The number of likely N-dealkylation sites (N-methyl/N-ethyl adjacent to an activating group) is 1. The largest absolute Gasteiger partial charge is 0.343 e. The SMILES string of the molecule is CC(=O)N1CCC(NCC2(N(C)C)CCC2)CC1. The topological polar surface area (TPSA) is 35.6 Å². The summed E-state index contributed by atoms with van der Waals surface area (Å²) in [5, 5.41) is 3.73. The molecule has 0 aromatic heterocycles. The summed E-state index contributed by atoms with van der Waals surface area (Å²) in [6.45, 7) is 4.61. The van der Waals surface area contributed by atoms with Gasteiger partial charge < -0.3 is 15.1 Å². The molecule has 0 spiro atoms. The summed E-state index contributed by atoms with van der Waals surface area (Å²) in [7, 11) is 4.39. The second kappa shape index (κ2) is 5.57. The van der Waals surface area contributed by atoms with Gasteiger partial charge in [-0.1, -0.05) is 0 Å². The number of hydrogen-bond donors (Lipinski definition) is 1. The molecule has 1 heterocycles. The molecule has 1 amide bonds. The summed E-state index contributed by atoms with van der Waals surface area (Å²) < 4.78 is 0. The second-order valence-electron chi connectivity index (χ2n) is 6.13. The van der Waals surface area contributed by atoms with Crippen molar-refractivity contribution in [3.8, 4) is 0 Å². The Labute approximate surface area is 111 Å². The Morgan fingerprint density at radius 2 is 1.94 bits per heavy atom. The number of likely N-dealkylation sites (tertiary alicyclic amines) is 1. The van der Waals surface area contributed by atoms with Crippen LogP contribution in [0.25, 0.3) is 0 Å². The predicted molar refractivity (Wildman–Crippen MR) is 73.5 cm³/mol. The maximum Gasteiger partial charge on any atom is 0.219 e. The summed E-state index contributed by atoms with van der Waals surface area (Å²) in [6, 6.07) is 0.595. The molecule has 1 N–H and O–H groups in total. The predicted octanol–water partition coefficient (Wildman–Crippen LogP) is 1.07. The van der Waals surface area contributed by atoms with Gasteiger partial charge in [0.05, 0.1) is 0 Å². The molecule has 0 radical (unpaired) electrons. The zero-order valence-corrected chi connectivity index (χ0v) is 12.0. The maximum absolute atomic E-state index is 11.3. The molecule has 1 saturated heterocycles. The van der Waals surface area contributed by atoms with E-state index >= 15 is 0 Å². The minimum Gasteiger partial charge on any atom is -0.343 e. The van der Waals surface area contributed by atoms with Crippen LogP contribution in [-0.2, 0) is 4.79 Å². The van der Waals surface area contributed by atoms with E-state index in [0.29, 0.717) is 11.6 Å². The summed E-state index contributed by atoms with van der Waals surface area (Å²) in [4.78, 5) is 15.6. The van der Waals surface area contributed by atoms with Crippen LogP contribution < -0.4 is 5.32 Å². The first-order valence-electron chi connectivity index (χ1n) is 7.20. The number of nitrogens with zero attached hydrogens (tertiary/aromatic N) is 2. The Bertz CT molecular complexity index is 291. The van der Waals surface area contributed by atoms with Crippen LogP contribution in [0.2, 0.25) is 0 Å². The van der Waals surface area contributed by atoms with Crippen LogP contribution in [0.5, 0.6) is 0 Å². The highest BCUT2D eigenvalue weighted by molar-refractivity contribution is 5.73. The fraction of sp³-hybridized carbons (Fsp3) is 0.929. The summed E-state index contributed by atoms with van der Waals surface area (Å²) in [5.74, 6) is 0.220. The summed E-state index contributed by atoms with van der Waals surface area (Å²) in [5.41, 5.74) is 0.401. The molecule has 104 valence electrons. The minimum atomic E-state index is 0.220. The van der Waals surface area contributed by atoms with Crippen molar-refractivity contribution in [2.24, 2.45) is 0 Å². The van der Waals surface area contributed by atoms with Crippen LogP contribution in [0, 0.1) is 0 Å². The number of carbonyl (C=O) groups excluding carboxylic acids is 1. The Hall–Kier alpha value is -0.610. The van der Waals surface area contributed by atoms with Crippen molar-refractivity contribution >= 4 is 5.91 Å². The van der Waals surface area contributed by atoms with E-state index in [1.807, 2.05) is 4.90 Å². The van der Waals surface area contributed by atoms with Gasteiger partial charge in [0.1, 0.15) is 0 Å². The zero-order chi connectivity index (χ0) is 13.2. The van der Waals surface area contributed by atoms with Gasteiger partial charge in [0.2, 0.25) is 5.91 Å². The van der Waals surface area contributed by atoms with Crippen LogP contribution >= 0.6 is 0 Å². The molecule has 0 unspecified atom stereocenters. The Balaban J connectivity index is 1.74. The molecule has 4 heteroatoms. The van der Waals surface area contributed by atoms with Gasteiger partial charge in [-0.05, 0) is 46.2 Å². The monoisotopic (exact) mass is 253 g/mol. The maximum atomic E-state index is 11.3. The van der Waals surface area contributed by atoms with Crippen LogP contribution in [-0.4, -0.2) is 61.0 Å². The van der Waals surface area contributed by atoms with Crippen molar-refractivity contribution in [3.63, 3.8) is 0 Å². The van der Waals surface area contributed by atoms with Gasteiger partial charge in [-0.15, -0.1) is 0 Å². The van der Waals surface area contributed by atoms with Crippen LogP contribution in [0.4, 0.5) is 0 Å². The first-order chi connectivity index (χ1) is 8.53. The van der Waals surface area contributed by atoms with E-state index in [2.05, 4.69) is 24.3 Å². The summed E-state index contributed by atoms with van der Waals surface area (Å²) >= 11 is 0. The van der Waals surface area contributed by atoms with Crippen molar-refractivity contribution < 1.29 is 4.79 Å². The second-order valence-corrected chi connectivity index (χ2v) is 6.13. The molecule has 0 bridgehead atoms. The molecule has 0 aromatic rings. The van der Waals surface area contributed by atoms with Crippen LogP contribution in [0.1, 0.15) is 39.0 Å². The molecule has 2 fully saturated rings. The number of carbonyl (C=O) groups is 1. The molecule has 0 aromatic carbocycles. The standard InChI is InChI=1S/C14H27N3O/c1-12(18)17-9-5-13(6-10-17)15-11-14(16(2)3)7-4-8-14/h13,15H,4-11H2,1-3H3. The Kier molecular flexibility index (Phi) is 4.28. The van der Waals surface area contributed by atoms with Gasteiger partial charge >= 0.3 is 0 Å². The van der Waals surface area contributed by atoms with Gasteiger partial charge in [-0.25, -0.2) is 0 Å². The minimum absolute atomic E-state index is 0.220. The number of hydrogen-bond acceptors (Lipinski definition) is 3. The normalized spacial score (nSPS) is 24.1. The number of amides is 1. The van der Waals surface area contributed by atoms with E-state index in [1.54, 1.807) is 6.92 Å². The van der Waals surface area contributed by atoms with Gasteiger partial charge in [-0.3, -0.25) is 4.79 Å². The quantitative estimate of drug-likeness (QED) is 0.814. The highest BCUT2D eigenvalue weighted by atomic mass is 16.2. The zero-order valence-electron chi connectivity index (χ0n) is 12.0. The third kappa shape index (κ3) is 2.86. The lowest BCUT2D eigenvalue weighted by atomic mass is 9.75. The molecule has 2 aliphatic rings. The van der Waals surface area contributed by atoms with E-state index in [4.69, 9.17) is 0 Å². The lowest BCUT2D eigenvalue weighted by Crippen LogP contribution is -2.58. The van der Waals surface area contributed by atoms with E-state index in [0.717, 1.165) is 32.5 Å². The van der Waals surface area contributed by atoms with Crippen molar-refractivity contribution in [3.05, 3.63) is 0 Å². The van der Waals surface area contributed by atoms with E-state index in [1.165, 1.54) is 19.3 Å². The average molecular weight is 253 g/mol. The smallest absolute Gasteiger partial charge is 0.219 e. The highest BCUT2D eigenvalue weighted by Gasteiger charge is 2.39. The lowest BCUT2D eigenvalue weighted by molar-refractivity contribution is -0.129. The first-order valence-corrected chi connectivity index (χ1v) is 7.20. The average Bonchev–Trinajstić information content (AvgIpc) is 2.27. The summed E-state index contributed by atoms with van der Waals surface area (Å²) in [6.07, 6.45) is 6.20. The van der Waals surface area contributed by atoms with E-state index in [-0.39, 0.29) is 5.91 Å². The Morgan fingerprint density at radius 1 is 1.33 bits per heavy atom. The fourth-order valence-corrected chi connectivity index (χ4v) is 3.10. The lowest BCUT2D eigenvalue weighted by Gasteiger charge is -2.48.